The van der Waals surface area contributed by atoms with Crippen LogP contribution in [0.1, 0.15) is 41.5 Å². The zero-order chi connectivity index (χ0) is 20.9. The Morgan fingerprint density at radius 3 is 2.29 bits per heavy atom. The van der Waals surface area contributed by atoms with E-state index in [0.29, 0.717) is 11.1 Å². The highest BCUT2D eigenvalue weighted by Crippen LogP contribution is 2.42. The largest absolute Gasteiger partial charge is 0.463 e. The number of ketones is 1. The SMILES string of the molecule is CC(=O)OC[C@H]1O[C@@H](OC2(C)C=C(C)C(=O)C(C)=C2)[C@H](I)[C@H]2OC(C)(C)O[C@H]21. The van der Waals surface area contributed by atoms with Crippen LogP contribution in [0.4, 0.5) is 0 Å². The number of esters is 1. The van der Waals surface area contributed by atoms with Crippen molar-refractivity contribution in [1.82, 2.24) is 0 Å². The van der Waals surface area contributed by atoms with Crippen molar-refractivity contribution in [3.05, 3.63) is 23.3 Å². The van der Waals surface area contributed by atoms with Gasteiger partial charge in [0.15, 0.2) is 17.9 Å². The molecule has 0 saturated carbocycles. The summed E-state index contributed by atoms with van der Waals surface area (Å²) in [5.74, 6) is -1.14. The normalized spacial score (nSPS) is 36.4. The average molecular weight is 506 g/mol. The number of carbonyl (C=O) groups excluding carboxylic acids is 2. The lowest BCUT2D eigenvalue weighted by Gasteiger charge is -2.42. The lowest BCUT2D eigenvalue weighted by molar-refractivity contribution is -0.252. The van der Waals surface area contributed by atoms with Crippen LogP contribution in [0.25, 0.3) is 0 Å². The number of rotatable bonds is 4. The molecular weight excluding hydrogens is 479 g/mol. The fraction of sp³-hybridized carbons (Fsp3) is 0.700. The molecular formula is C20H27IO7. The summed E-state index contributed by atoms with van der Waals surface area (Å²) in [6.07, 6.45) is 1.81. The van der Waals surface area contributed by atoms with E-state index in [1.54, 1.807) is 26.0 Å². The molecule has 0 bridgehead atoms. The van der Waals surface area contributed by atoms with E-state index >= 15 is 0 Å². The number of Topliss-reactive ketones (excluding diaryl/α,β-unsaturated/α-hetero) is 1. The van der Waals surface area contributed by atoms with Gasteiger partial charge in [-0.3, -0.25) is 9.59 Å². The summed E-state index contributed by atoms with van der Waals surface area (Å²) in [5, 5.41) is 0. The fourth-order valence-electron chi connectivity index (χ4n) is 3.92. The summed E-state index contributed by atoms with van der Waals surface area (Å²) in [4.78, 5) is 23.4. The Morgan fingerprint density at radius 2 is 1.71 bits per heavy atom. The predicted octanol–water partition coefficient (Wildman–Crippen LogP) is 2.85. The first-order valence-corrected chi connectivity index (χ1v) is 10.6. The Balaban J connectivity index is 1.83. The van der Waals surface area contributed by atoms with Crippen molar-refractivity contribution in [3.8, 4) is 0 Å². The number of alkyl halides is 1. The van der Waals surface area contributed by atoms with Crippen LogP contribution in [0, 0.1) is 0 Å². The minimum absolute atomic E-state index is 0.0127. The lowest BCUT2D eigenvalue weighted by atomic mass is 9.89. The van der Waals surface area contributed by atoms with Crippen LogP contribution in [-0.2, 0) is 33.3 Å². The molecule has 3 rings (SSSR count). The zero-order valence-electron chi connectivity index (χ0n) is 17.0. The highest BCUT2D eigenvalue weighted by Gasteiger charge is 2.56. The van der Waals surface area contributed by atoms with Crippen molar-refractivity contribution in [3.63, 3.8) is 0 Å². The molecule has 8 heteroatoms. The number of carbonyl (C=O) groups is 2. The molecule has 28 heavy (non-hydrogen) atoms. The molecule has 156 valence electrons. The van der Waals surface area contributed by atoms with E-state index in [1.165, 1.54) is 6.92 Å². The van der Waals surface area contributed by atoms with Gasteiger partial charge in [0.05, 0.1) is 3.92 Å². The number of halogens is 1. The third-order valence-corrected chi connectivity index (χ3v) is 6.25. The van der Waals surface area contributed by atoms with Gasteiger partial charge in [-0.1, -0.05) is 22.6 Å². The Hall–Kier alpha value is -0.810. The third-order valence-electron chi connectivity index (χ3n) is 4.96. The van der Waals surface area contributed by atoms with Crippen LogP contribution < -0.4 is 0 Å². The van der Waals surface area contributed by atoms with Crippen molar-refractivity contribution in [2.45, 2.75) is 81.5 Å². The van der Waals surface area contributed by atoms with Crippen molar-refractivity contribution in [1.29, 1.82) is 0 Å². The zero-order valence-corrected chi connectivity index (χ0v) is 19.1. The first-order valence-electron chi connectivity index (χ1n) is 9.31. The van der Waals surface area contributed by atoms with Crippen molar-refractivity contribution < 1.29 is 33.3 Å². The summed E-state index contributed by atoms with van der Waals surface area (Å²) in [6, 6.07) is 0. The van der Waals surface area contributed by atoms with Crippen LogP contribution in [0.15, 0.2) is 23.3 Å². The van der Waals surface area contributed by atoms with Gasteiger partial charge < -0.3 is 23.7 Å². The van der Waals surface area contributed by atoms with Gasteiger partial charge in [0.2, 0.25) is 0 Å². The van der Waals surface area contributed by atoms with E-state index in [0.717, 1.165) is 0 Å². The Kier molecular flexibility index (Phi) is 6.09. The molecule has 0 aromatic heterocycles. The van der Waals surface area contributed by atoms with Crippen molar-refractivity contribution >= 4 is 34.3 Å². The van der Waals surface area contributed by atoms with Gasteiger partial charge in [0.1, 0.15) is 30.5 Å². The number of hydrogen-bond donors (Lipinski definition) is 0. The molecule has 2 aliphatic heterocycles. The maximum absolute atomic E-state index is 12.1. The third kappa shape index (κ3) is 4.51. The van der Waals surface area contributed by atoms with E-state index in [-0.39, 0.29) is 34.5 Å². The maximum Gasteiger partial charge on any atom is 0.302 e. The molecule has 0 amide bonds. The van der Waals surface area contributed by atoms with Gasteiger partial charge in [-0.15, -0.1) is 0 Å². The second-order valence-corrected chi connectivity index (χ2v) is 9.58. The Morgan fingerprint density at radius 1 is 1.14 bits per heavy atom. The van der Waals surface area contributed by atoms with Gasteiger partial charge in [0, 0.05) is 6.92 Å². The molecule has 2 fully saturated rings. The van der Waals surface area contributed by atoms with Gasteiger partial charge in [-0.25, -0.2) is 0 Å². The molecule has 2 heterocycles. The molecule has 0 unspecified atom stereocenters. The highest BCUT2D eigenvalue weighted by molar-refractivity contribution is 14.1. The highest BCUT2D eigenvalue weighted by atomic mass is 127. The molecule has 5 atom stereocenters. The van der Waals surface area contributed by atoms with Crippen molar-refractivity contribution in [2.75, 3.05) is 6.61 Å². The van der Waals surface area contributed by atoms with Crippen LogP contribution in [0.3, 0.4) is 0 Å². The molecule has 1 aliphatic carbocycles. The van der Waals surface area contributed by atoms with Crippen LogP contribution in [-0.4, -0.2) is 58.3 Å². The van der Waals surface area contributed by atoms with Gasteiger partial charge in [0.25, 0.3) is 0 Å². The van der Waals surface area contributed by atoms with Crippen LogP contribution in [0.5, 0.6) is 0 Å². The number of fused-ring (bicyclic) bond motifs is 1. The summed E-state index contributed by atoms with van der Waals surface area (Å²) < 4.78 is 29.6. The van der Waals surface area contributed by atoms with E-state index in [9.17, 15) is 9.59 Å². The average Bonchev–Trinajstić information content (AvgIpc) is 2.89. The standard InChI is InChI=1S/C20H27IO7/c1-10-7-20(6,8-11(2)15(10)23)28-18-14(21)17-16(26-19(4,5)27-17)13(25-18)9-24-12(3)22/h7-8,13-14,16-18H,9H2,1-6H3/t13-,14-,16+,17-,18+/m1/s1. The maximum atomic E-state index is 12.1. The van der Waals surface area contributed by atoms with Gasteiger partial charge in [-0.05, 0) is 57.9 Å². The van der Waals surface area contributed by atoms with Gasteiger partial charge >= 0.3 is 5.97 Å². The minimum atomic E-state index is -0.788. The molecule has 0 spiro atoms. The van der Waals surface area contributed by atoms with E-state index in [2.05, 4.69) is 22.6 Å². The molecule has 0 aromatic rings. The molecule has 7 nitrogen and oxygen atoms in total. The van der Waals surface area contributed by atoms with E-state index in [4.69, 9.17) is 23.7 Å². The second-order valence-electron chi connectivity index (χ2n) is 8.14. The van der Waals surface area contributed by atoms with Gasteiger partial charge in [-0.2, -0.15) is 0 Å². The topological polar surface area (TPSA) is 80.3 Å². The number of hydrogen-bond acceptors (Lipinski definition) is 7. The molecule has 3 aliphatic rings. The minimum Gasteiger partial charge on any atom is -0.463 e. The molecule has 2 saturated heterocycles. The number of allylic oxidation sites excluding steroid dienone is 2. The Bertz CT molecular complexity index is 704. The molecule has 0 radical (unpaired) electrons. The molecule has 0 aromatic carbocycles. The summed E-state index contributed by atoms with van der Waals surface area (Å²) in [6.45, 7) is 10.5. The first kappa shape index (κ1) is 21.9. The summed E-state index contributed by atoms with van der Waals surface area (Å²) >= 11 is 2.25. The monoisotopic (exact) mass is 506 g/mol. The van der Waals surface area contributed by atoms with Crippen molar-refractivity contribution in [2.24, 2.45) is 0 Å². The van der Waals surface area contributed by atoms with Crippen LogP contribution in [0.2, 0.25) is 0 Å². The fourth-order valence-corrected chi connectivity index (χ4v) is 4.79. The smallest absolute Gasteiger partial charge is 0.302 e. The second kappa shape index (κ2) is 7.79. The van der Waals surface area contributed by atoms with E-state index < -0.39 is 23.8 Å². The number of ether oxygens (including phenoxy) is 5. The van der Waals surface area contributed by atoms with Crippen LogP contribution >= 0.6 is 22.6 Å². The molecule has 0 N–H and O–H groups in total. The predicted molar refractivity (Wildman–Crippen MR) is 109 cm³/mol. The lowest BCUT2D eigenvalue weighted by Crippen LogP contribution is -2.57. The van der Waals surface area contributed by atoms with E-state index in [1.807, 2.05) is 20.8 Å². The summed E-state index contributed by atoms with van der Waals surface area (Å²) in [5.41, 5.74) is 0.489. The first-order chi connectivity index (χ1) is 12.9. The quantitative estimate of drug-likeness (QED) is 0.330. The Labute approximate surface area is 178 Å². The summed E-state index contributed by atoms with van der Waals surface area (Å²) in [7, 11) is 0.